The van der Waals surface area contributed by atoms with Crippen molar-refractivity contribution in [1.29, 1.82) is 0 Å². The molecule has 0 saturated heterocycles. The van der Waals surface area contributed by atoms with E-state index in [0.29, 0.717) is 0 Å². The first-order valence-corrected chi connectivity index (χ1v) is 7.59. The fourth-order valence-corrected chi connectivity index (χ4v) is 3.51. The summed E-state index contributed by atoms with van der Waals surface area (Å²) in [6.07, 6.45) is 8.92. The fraction of sp³-hybridized carbons (Fsp3) is 0.615. The van der Waals surface area contributed by atoms with Crippen LogP contribution in [0.5, 0.6) is 0 Å². The molecule has 1 fully saturated rings. The highest BCUT2D eigenvalue weighted by atomic mass is 79.9. The van der Waals surface area contributed by atoms with E-state index in [2.05, 4.69) is 15.9 Å². The topological polar surface area (TPSA) is 65.1 Å². The minimum absolute atomic E-state index is 0.154. The molecule has 19 heavy (non-hydrogen) atoms. The van der Waals surface area contributed by atoms with E-state index in [1.54, 1.807) is 10.8 Å². The second-order valence-corrected chi connectivity index (χ2v) is 5.88. The molecule has 0 radical (unpaired) electrons. The SMILES string of the molecule is O=c1ccn(CC2(CBr)CCCCC2)cc1[N+](=O)[O-]. The first-order chi connectivity index (χ1) is 9.06. The van der Waals surface area contributed by atoms with Crippen LogP contribution in [0.4, 0.5) is 5.69 Å². The molecule has 1 aliphatic carbocycles. The largest absolute Gasteiger partial charge is 0.347 e. The molecule has 1 saturated carbocycles. The van der Waals surface area contributed by atoms with Gasteiger partial charge in [0, 0.05) is 24.1 Å². The third kappa shape index (κ3) is 3.23. The van der Waals surface area contributed by atoms with Crippen molar-refractivity contribution in [2.75, 3.05) is 5.33 Å². The lowest BCUT2D eigenvalue weighted by molar-refractivity contribution is -0.386. The van der Waals surface area contributed by atoms with E-state index in [4.69, 9.17) is 0 Å². The maximum Gasteiger partial charge on any atom is 0.332 e. The number of hydrogen-bond acceptors (Lipinski definition) is 3. The normalized spacial score (nSPS) is 18.2. The number of alkyl halides is 1. The van der Waals surface area contributed by atoms with E-state index in [-0.39, 0.29) is 11.1 Å². The number of halogens is 1. The Hall–Kier alpha value is -1.17. The predicted octanol–water partition coefficient (Wildman–Crippen LogP) is 3.10. The summed E-state index contributed by atoms with van der Waals surface area (Å²) in [6.45, 7) is 0.722. The van der Waals surface area contributed by atoms with Crippen LogP contribution in [0.1, 0.15) is 32.1 Å². The molecule has 5 nitrogen and oxygen atoms in total. The van der Waals surface area contributed by atoms with Gasteiger partial charge in [-0.25, -0.2) is 0 Å². The quantitative estimate of drug-likeness (QED) is 0.484. The van der Waals surface area contributed by atoms with Gasteiger partial charge < -0.3 is 4.57 Å². The van der Waals surface area contributed by atoms with Gasteiger partial charge >= 0.3 is 5.69 Å². The number of aromatic nitrogens is 1. The van der Waals surface area contributed by atoms with Crippen LogP contribution in [0.3, 0.4) is 0 Å². The zero-order chi connectivity index (χ0) is 13.9. The van der Waals surface area contributed by atoms with E-state index < -0.39 is 10.4 Å². The average molecular weight is 329 g/mol. The third-order valence-electron chi connectivity index (χ3n) is 3.87. The lowest BCUT2D eigenvalue weighted by Crippen LogP contribution is -2.31. The number of nitro groups is 1. The molecule has 0 spiro atoms. The van der Waals surface area contributed by atoms with Gasteiger partial charge in [-0.3, -0.25) is 14.9 Å². The lowest BCUT2D eigenvalue weighted by Gasteiger charge is -2.36. The summed E-state index contributed by atoms with van der Waals surface area (Å²) >= 11 is 3.58. The van der Waals surface area contributed by atoms with Crippen LogP contribution in [0.15, 0.2) is 23.3 Å². The maximum atomic E-state index is 11.4. The van der Waals surface area contributed by atoms with Crippen molar-refractivity contribution in [2.24, 2.45) is 5.41 Å². The van der Waals surface area contributed by atoms with Crippen LogP contribution in [-0.4, -0.2) is 14.8 Å². The first-order valence-electron chi connectivity index (χ1n) is 6.47. The second-order valence-electron chi connectivity index (χ2n) is 5.32. The van der Waals surface area contributed by atoms with Gasteiger partial charge in [0.1, 0.15) is 0 Å². The van der Waals surface area contributed by atoms with Crippen LogP contribution in [0.25, 0.3) is 0 Å². The van der Waals surface area contributed by atoms with Crippen LogP contribution in [0, 0.1) is 15.5 Å². The molecule has 0 aromatic carbocycles. The Kier molecular flexibility index (Phi) is 4.39. The predicted molar refractivity (Wildman–Crippen MR) is 76.7 cm³/mol. The summed E-state index contributed by atoms with van der Waals surface area (Å²) in [4.78, 5) is 21.6. The van der Waals surface area contributed by atoms with Crippen molar-refractivity contribution in [3.8, 4) is 0 Å². The first kappa shape index (κ1) is 14.2. The lowest BCUT2D eigenvalue weighted by atomic mass is 9.75. The standard InChI is InChI=1S/C13H17BrN2O3/c14-9-13(5-2-1-3-6-13)10-15-7-4-12(17)11(8-15)16(18)19/h4,7-8H,1-3,5-6,9-10H2. The Bertz CT molecular complexity index is 521. The molecule has 2 rings (SSSR count). The van der Waals surface area contributed by atoms with E-state index in [9.17, 15) is 14.9 Å². The van der Waals surface area contributed by atoms with Gasteiger partial charge in [0.05, 0.1) is 11.1 Å². The molecule has 0 unspecified atom stereocenters. The fourth-order valence-electron chi connectivity index (χ4n) is 2.77. The van der Waals surface area contributed by atoms with Gasteiger partial charge in [-0.1, -0.05) is 35.2 Å². The minimum Gasteiger partial charge on any atom is -0.347 e. The van der Waals surface area contributed by atoms with Gasteiger partial charge in [0.2, 0.25) is 0 Å². The summed E-state index contributed by atoms with van der Waals surface area (Å²) in [5.41, 5.74) is -0.720. The number of pyridine rings is 1. The van der Waals surface area contributed by atoms with Gasteiger partial charge in [0.25, 0.3) is 5.43 Å². The van der Waals surface area contributed by atoms with Gasteiger partial charge in [-0.15, -0.1) is 0 Å². The molecule has 6 heteroatoms. The molecule has 0 amide bonds. The molecule has 0 aliphatic heterocycles. The second kappa shape index (κ2) is 5.86. The summed E-state index contributed by atoms with van der Waals surface area (Å²) in [7, 11) is 0. The molecule has 1 aromatic heterocycles. The van der Waals surface area contributed by atoms with Crippen molar-refractivity contribution in [2.45, 2.75) is 38.6 Å². The highest BCUT2D eigenvalue weighted by Gasteiger charge is 2.31. The summed E-state index contributed by atoms with van der Waals surface area (Å²) in [5.74, 6) is 0. The summed E-state index contributed by atoms with van der Waals surface area (Å²) in [6, 6.07) is 1.28. The number of nitrogens with zero attached hydrogens (tertiary/aromatic N) is 2. The van der Waals surface area contributed by atoms with E-state index in [1.807, 2.05) is 0 Å². The molecule has 0 atom stereocenters. The Balaban J connectivity index is 2.24. The van der Waals surface area contributed by atoms with Crippen LogP contribution >= 0.6 is 15.9 Å². The highest BCUT2D eigenvalue weighted by Crippen LogP contribution is 2.39. The van der Waals surface area contributed by atoms with E-state index in [0.717, 1.165) is 24.7 Å². The Morgan fingerprint density at radius 2 is 2.05 bits per heavy atom. The molecule has 1 aliphatic rings. The highest BCUT2D eigenvalue weighted by molar-refractivity contribution is 9.09. The number of rotatable bonds is 4. The molecule has 1 aromatic rings. The van der Waals surface area contributed by atoms with Crippen molar-refractivity contribution < 1.29 is 4.92 Å². The smallest absolute Gasteiger partial charge is 0.332 e. The number of hydrogen-bond donors (Lipinski definition) is 0. The van der Waals surface area contributed by atoms with Crippen LogP contribution < -0.4 is 5.43 Å². The molecular weight excluding hydrogens is 312 g/mol. The van der Waals surface area contributed by atoms with Crippen molar-refractivity contribution in [3.63, 3.8) is 0 Å². The van der Waals surface area contributed by atoms with Crippen molar-refractivity contribution >= 4 is 21.6 Å². The van der Waals surface area contributed by atoms with Crippen LogP contribution in [-0.2, 0) is 6.54 Å². The zero-order valence-corrected chi connectivity index (χ0v) is 12.3. The molecule has 0 N–H and O–H groups in total. The minimum atomic E-state index is -0.611. The molecule has 104 valence electrons. The van der Waals surface area contributed by atoms with E-state index >= 15 is 0 Å². The maximum absolute atomic E-state index is 11.4. The van der Waals surface area contributed by atoms with Gasteiger partial charge in [-0.05, 0) is 18.3 Å². The van der Waals surface area contributed by atoms with Crippen LogP contribution in [0.2, 0.25) is 0 Å². The summed E-state index contributed by atoms with van der Waals surface area (Å²) in [5, 5.41) is 11.7. The summed E-state index contributed by atoms with van der Waals surface area (Å²) < 4.78 is 1.78. The van der Waals surface area contributed by atoms with Gasteiger partial charge in [-0.2, -0.15) is 0 Å². The molecule has 0 bridgehead atoms. The van der Waals surface area contributed by atoms with Gasteiger partial charge in [0.15, 0.2) is 0 Å². The monoisotopic (exact) mass is 328 g/mol. The zero-order valence-electron chi connectivity index (χ0n) is 10.7. The van der Waals surface area contributed by atoms with Crippen molar-refractivity contribution in [1.82, 2.24) is 4.57 Å². The Morgan fingerprint density at radius 3 is 2.63 bits per heavy atom. The Morgan fingerprint density at radius 1 is 1.37 bits per heavy atom. The molecular formula is C13H17BrN2O3. The molecule has 1 heterocycles. The average Bonchev–Trinajstić information content (AvgIpc) is 2.42. The van der Waals surface area contributed by atoms with Crippen molar-refractivity contribution in [3.05, 3.63) is 38.8 Å². The Labute approximate surface area is 119 Å². The third-order valence-corrected chi connectivity index (χ3v) is 5.06. The van der Waals surface area contributed by atoms with E-state index in [1.165, 1.54) is 31.5 Å².